The van der Waals surface area contributed by atoms with Crippen molar-refractivity contribution in [2.45, 2.75) is 24.7 Å². The number of benzene rings is 2. The highest BCUT2D eigenvalue weighted by molar-refractivity contribution is 7.89. The molecule has 0 spiro atoms. The number of anilines is 1. The molecular formula is C24H26N4O4S2. The molecule has 1 aliphatic heterocycles. The Balaban J connectivity index is 1.26. The van der Waals surface area contributed by atoms with E-state index in [0.29, 0.717) is 18.8 Å². The number of piperazine rings is 1. The second-order valence-corrected chi connectivity index (χ2v) is 11.0. The molecule has 0 unspecified atom stereocenters. The first-order chi connectivity index (χ1) is 16.3. The summed E-state index contributed by atoms with van der Waals surface area (Å²) in [6, 6.07) is 15.7. The van der Waals surface area contributed by atoms with Crippen molar-refractivity contribution in [1.29, 1.82) is 0 Å². The number of hydrogen-bond donors (Lipinski definition) is 1. The van der Waals surface area contributed by atoms with Crippen molar-refractivity contribution in [2.24, 2.45) is 0 Å². The van der Waals surface area contributed by atoms with Gasteiger partial charge in [-0.05, 0) is 31.2 Å². The summed E-state index contributed by atoms with van der Waals surface area (Å²) in [5, 5.41) is 5.79. The van der Waals surface area contributed by atoms with Gasteiger partial charge in [0.2, 0.25) is 21.8 Å². The highest BCUT2D eigenvalue weighted by Gasteiger charge is 2.30. The third kappa shape index (κ3) is 5.69. The molecule has 0 atom stereocenters. The van der Waals surface area contributed by atoms with E-state index in [4.69, 9.17) is 0 Å². The molecule has 0 aliphatic carbocycles. The lowest BCUT2D eigenvalue weighted by Gasteiger charge is -2.34. The summed E-state index contributed by atoms with van der Waals surface area (Å²) in [6.45, 7) is 3.03. The van der Waals surface area contributed by atoms with Crippen LogP contribution in [-0.2, 0) is 19.6 Å². The quantitative estimate of drug-likeness (QED) is 0.538. The molecule has 0 bridgehead atoms. The zero-order valence-electron chi connectivity index (χ0n) is 18.8. The number of carbonyl (C=O) groups excluding carboxylic acids is 2. The second-order valence-electron chi connectivity index (χ2n) is 7.98. The van der Waals surface area contributed by atoms with Gasteiger partial charge in [-0.2, -0.15) is 4.31 Å². The summed E-state index contributed by atoms with van der Waals surface area (Å²) in [4.78, 5) is 31.3. The molecule has 3 aromatic rings. The van der Waals surface area contributed by atoms with Crippen molar-refractivity contribution in [3.8, 4) is 11.3 Å². The summed E-state index contributed by atoms with van der Waals surface area (Å²) in [5.74, 6) is -0.399. The Labute approximate surface area is 203 Å². The molecule has 2 aromatic carbocycles. The molecule has 1 aliphatic rings. The Kier molecular flexibility index (Phi) is 7.40. The number of amides is 2. The maximum Gasteiger partial charge on any atom is 0.243 e. The van der Waals surface area contributed by atoms with Crippen LogP contribution in [0.15, 0.2) is 64.9 Å². The van der Waals surface area contributed by atoms with Gasteiger partial charge >= 0.3 is 0 Å². The second kappa shape index (κ2) is 10.5. The summed E-state index contributed by atoms with van der Waals surface area (Å²) < 4.78 is 26.9. The average Bonchev–Trinajstić information content (AvgIpc) is 3.29. The fourth-order valence-electron chi connectivity index (χ4n) is 3.77. The van der Waals surface area contributed by atoms with Gasteiger partial charge in [-0.3, -0.25) is 9.59 Å². The molecule has 1 fully saturated rings. The van der Waals surface area contributed by atoms with Crippen molar-refractivity contribution >= 4 is 38.9 Å². The lowest BCUT2D eigenvalue weighted by Crippen LogP contribution is -2.50. The number of aryl methyl sites for hydroxylation is 1. The van der Waals surface area contributed by atoms with Crippen molar-refractivity contribution in [3.63, 3.8) is 0 Å². The Morgan fingerprint density at radius 2 is 1.74 bits per heavy atom. The fraction of sp³-hybridized carbons (Fsp3) is 0.292. The summed E-state index contributed by atoms with van der Waals surface area (Å²) in [7, 11) is -3.57. The van der Waals surface area contributed by atoms with E-state index in [0.717, 1.165) is 16.3 Å². The number of nitrogens with one attached hydrogen (secondary N) is 1. The van der Waals surface area contributed by atoms with Crippen LogP contribution < -0.4 is 5.32 Å². The number of nitrogens with zero attached hydrogens (tertiary/aromatic N) is 3. The van der Waals surface area contributed by atoms with Gasteiger partial charge in [0.15, 0.2) is 0 Å². The molecule has 1 saturated heterocycles. The van der Waals surface area contributed by atoms with E-state index >= 15 is 0 Å². The Morgan fingerprint density at radius 3 is 2.41 bits per heavy atom. The molecule has 2 heterocycles. The molecule has 0 radical (unpaired) electrons. The van der Waals surface area contributed by atoms with Crippen LogP contribution in [0.2, 0.25) is 0 Å². The van der Waals surface area contributed by atoms with Gasteiger partial charge in [-0.25, -0.2) is 13.4 Å². The normalized spacial score (nSPS) is 14.7. The maximum atomic E-state index is 12.7. The zero-order valence-corrected chi connectivity index (χ0v) is 20.4. The standard InChI is InChI=1S/C24H26N4O4S2/c1-18-25-22(17-33-18)19-6-5-7-20(16-19)26-23(29)10-11-24(30)27-12-14-28(15-13-27)34(31,32)21-8-3-2-4-9-21/h2-9,16-17H,10-15H2,1H3,(H,26,29). The molecule has 8 nitrogen and oxygen atoms in total. The number of sulfonamides is 1. The lowest BCUT2D eigenvalue weighted by atomic mass is 10.1. The highest BCUT2D eigenvalue weighted by atomic mass is 32.2. The Bertz CT molecular complexity index is 1270. The van der Waals surface area contributed by atoms with E-state index in [2.05, 4.69) is 10.3 Å². The zero-order chi connectivity index (χ0) is 24.1. The minimum atomic E-state index is -3.57. The van der Waals surface area contributed by atoms with Gasteiger partial charge in [0.1, 0.15) is 0 Å². The van der Waals surface area contributed by atoms with E-state index in [1.807, 2.05) is 30.5 Å². The third-order valence-corrected chi connectivity index (χ3v) is 8.29. The van der Waals surface area contributed by atoms with E-state index in [9.17, 15) is 18.0 Å². The predicted octanol–water partition coefficient (Wildman–Crippen LogP) is 3.37. The average molecular weight is 499 g/mol. The first kappa shape index (κ1) is 24.1. The monoisotopic (exact) mass is 498 g/mol. The SMILES string of the molecule is Cc1nc(-c2cccc(NC(=O)CCC(=O)N3CCN(S(=O)(=O)c4ccccc4)CC3)c2)cs1. The topological polar surface area (TPSA) is 99.7 Å². The molecule has 2 amide bonds. The first-order valence-corrected chi connectivity index (χ1v) is 13.3. The molecule has 178 valence electrons. The van der Waals surface area contributed by atoms with Gasteiger partial charge in [-0.15, -0.1) is 11.3 Å². The molecule has 10 heteroatoms. The van der Waals surface area contributed by atoms with Crippen molar-refractivity contribution in [3.05, 3.63) is 65.0 Å². The summed E-state index contributed by atoms with van der Waals surface area (Å²) in [5.41, 5.74) is 2.43. The molecule has 4 rings (SSSR count). The summed E-state index contributed by atoms with van der Waals surface area (Å²) >= 11 is 1.57. The van der Waals surface area contributed by atoms with Crippen LogP contribution in [0, 0.1) is 6.92 Å². The van der Waals surface area contributed by atoms with Crippen LogP contribution in [0.1, 0.15) is 17.8 Å². The molecule has 0 saturated carbocycles. The van der Waals surface area contributed by atoms with Crippen molar-refractivity contribution in [2.75, 3.05) is 31.5 Å². The van der Waals surface area contributed by atoms with E-state index < -0.39 is 10.0 Å². The highest BCUT2D eigenvalue weighted by Crippen LogP contribution is 2.24. The summed E-state index contributed by atoms with van der Waals surface area (Å²) in [6.07, 6.45) is 0.129. The third-order valence-electron chi connectivity index (χ3n) is 5.60. The maximum absolute atomic E-state index is 12.7. The van der Waals surface area contributed by atoms with Gasteiger partial charge in [0.25, 0.3) is 0 Å². The van der Waals surface area contributed by atoms with Crippen molar-refractivity contribution in [1.82, 2.24) is 14.2 Å². The van der Waals surface area contributed by atoms with Crippen LogP contribution in [0.25, 0.3) is 11.3 Å². The molecular weight excluding hydrogens is 472 g/mol. The first-order valence-electron chi connectivity index (χ1n) is 11.0. The van der Waals surface area contributed by atoms with Gasteiger partial charge in [0.05, 0.1) is 15.6 Å². The van der Waals surface area contributed by atoms with Crippen LogP contribution in [-0.4, -0.2) is 60.6 Å². The Morgan fingerprint density at radius 1 is 1.00 bits per heavy atom. The number of aromatic nitrogens is 1. The number of hydrogen-bond acceptors (Lipinski definition) is 6. The number of rotatable bonds is 7. The van der Waals surface area contributed by atoms with Gasteiger partial charge in [-0.1, -0.05) is 30.3 Å². The lowest BCUT2D eigenvalue weighted by molar-refractivity contribution is -0.133. The van der Waals surface area contributed by atoms with E-state index in [1.165, 1.54) is 4.31 Å². The van der Waals surface area contributed by atoms with Crippen molar-refractivity contribution < 1.29 is 18.0 Å². The van der Waals surface area contributed by atoms with Crippen LogP contribution in [0.5, 0.6) is 0 Å². The van der Waals surface area contributed by atoms with Crippen LogP contribution >= 0.6 is 11.3 Å². The Hall–Kier alpha value is -3.08. The molecule has 1 aromatic heterocycles. The van der Waals surface area contributed by atoms with Crippen LogP contribution in [0.3, 0.4) is 0 Å². The molecule has 1 N–H and O–H groups in total. The largest absolute Gasteiger partial charge is 0.340 e. The van der Waals surface area contributed by atoms with Gasteiger partial charge < -0.3 is 10.2 Å². The van der Waals surface area contributed by atoms with E-state index in [-0.39, 0.29) is 42.6 Å². The van der Waals surface area contributed by atoms with E-state index in [1.54, 1.807) is 52.6 Å². The minimum Gasteiger partial charge on any atom is -0.340 e. The number of thiazole rings is 1. The predicted molar refractivity (Wildman–Crippen MR) is 132 cm³/mol. The smallest absolute Gasteiger partial charge is 0.243 e. The van der Waals surface area contributed by atoms with Gasteiger partial charge in [0, 0.05) is 55.7 Å². The number of carbonyl (C=O) groups is 2. The van der Waals surface area contributed by atoms with Crippen LogP contribution in [0.4, 0.5) is 5.69 Å². The minimum absolute atomic E-state index is 0.0569. The molecule has 34 heavy (non-hydrogen) atoms. The fourth-order valence-corrected chi connectivity index (χ4v) is 5.84.